The molecule has 0 saturated heterocycles. The molecule has 70 heavy (non-hydrogen) atoms. The van der Waals surface area contributed by atoms with Crippen LogP contribution in [0.1, 0.15) is 0 Å². The molecule has 3 N–H and O–H groups in total. The molecule has 12 rings (SSSR count). The summed E-state index contributed by atoms with van der Waals surface area (Å²) in [6, 6.07) is 97.4. The topological polar surface area (TPSA) is 39.3 Å². The summed E-state index contributed by atoms with van der Waals surface area (Å²) >= 11 is 0. The van der Waals surface area contributed by atoms with E-state index in [-0.39, 0.29) is 0 Å². The third-order valence-electron chi connectivity index (χ3n) is 13.2. The van der Waals surface area contributed by atoms with Crippen molar-refractivity contribution in [3.05, 3.63) is 273 Å². The number of anilines is 9. The maximum atomic E-state index is 3.97. The highest BCUT2D eigenvalue weighted by Gasteiger charge is 2.22. The van der Waals surface area contributed by atoms with Crippen molar-refractivity contribution in [2.75, 3.05) is 20.9 Å². The number of nitrogens with one attached hydrogen (secondary N) is 3. The molecule has 0 atom stereocenters. The largest absolute Gasteiger partial charge is 0.354 e. The van der Waals surface area contributed by atoms with E-state index >= 15 is 0 Å². The molecule has 0 aromatic heterocycles. The van der Waals surface area contributed by atoms with Gasteiger partial charge in [0.25, 0.3) is 0 Å². The van der Waals surface area contributed by atoms with Gasteiger partial charge in [-0.05, 0) is 157 Å². The molecule has 12 aromatic rings. The molecule has 0 unspecified atom stereocenters. The van der Waals surface area contributed by atoms with E-state index in [4.69, 9.17) is 0 Å². The molecule has 4 heteroatoms. The molecule has 0 aliphatic carbocycles. The first kappa shape index (κ1) is 42.0. The van der Waals surface area contributed by atoms with Gasteiger partial charge in [0.15, 0.2) is 0 Å². The Hall–Kier alpha value is -9.38. The van der Waals surface area contributed by atoms with Gasteiger partial charge in [0.05, 0.1) is 22.7 Å². The second kappa shape index (κ2) is 18.7. The van der Waals surface area contributed by atoms with Crippen molar-refractivity contribution in [1.82, 2.24) is 0 Å². The van der Waals surface area contributed by atoms with E-state index in [0.717, 1.165) is 67.9 Å². The van der Waals surface area contributed by atoms with Gasteiger partial charge in [0, 0.05) is 28.4 Å². The lowest BCUT2D eigenvalue weighted by Crippen LogP contribution is -2.13. The van der Waals surface area contributed by atoms with Gasteiger partial charge in [0.1, 0.15) is 0 Å². The molecule has 0 radical (unpaired) electrons. The second-order valence-corrected chi connectivity index (χ2v) is 17.7. The molecule has 0 aliphatic rings. The van der Waals surface area contributed by atoms with Crippen molar-refractivity contribution in [3.63, 3.8) is 0 Å². The highest BCUT2D eigenvalue weighted by molar-refractivity contribution is 6.01. The molecule has 0 fully saturated rings. The maximum absolute atomic E-state index is 3.97. The highest BCUT2D eigenvalue weighted by Crippen LogP contribution is 2.48. The normalized spacial score (nSPS) is 11.1. The lowest BCUT2D eigenvalue weighted by Gasteiger charge is -2.30. The zero-order valence-corrected chi connectivity index (χ0v) is 38.4. The SMILES string of the molecule is c1ccc(N(c2ccccc2)c2ccc(Nc3ccc(-c4ccc5ccccc5c4)cc3)c(Nc3ccc(-c4ccc5ccccc5c4)cc3)c2Nc2ccc(-c3ccc4ccccc4c3)cc2)cc1. The summed E-state index contributed by atoms with van der Waals surface area (Å²) in [6.45, 7) is 0. The zero-order chi connectivity index (χ0) is 46.6. The van der Waals surface area contributed by atoms with Gasteiger partial charge in [-0.3, -0.25) is 0 Å². The molecule has 0 spiro atoms. The van der Waals surface area contributed by atoms with Crippen molar-refractivity contribution in [3.8, 4) is 33.4 Å². The lowest BCUT2D eigenvalue weighted by molar-refractivity contribution is 1.28. The van der Waals surface area contributed by atoms with E-state index < -0.39 is 0 Å². The maximum Gasteiger partial charge on any atom is 0.0889 e. The number of rotatable bonds is 12. The first-order valence-electron chi connectivity index (χ1n) is 23.8. The average molecular weight is 897 g/mol. The third kappa shape index (κ3) is 8.69. The van der Waals surface area contributed by atoms with E-state index in [0.29, 0.717) is 0 Å². The fourth-order valence-electron chi connectivity index (χ4n) is 9.51. The molecule has 0 amide bonds. The number of para-hydroxylation sites is 2. The minimum Gasteiger partial charge on any atom is -0.354 e. The summed E-state index contributed by atoms with van der Waals surface area (Å²) in [7, 11) is 0. The van der Waals surface area contributed by atoms with Crippen LogP contribution in [0.2, 0.25) is 0 Å². The Morgan fingerprint density at radius 2 is 0.557 bits per heavy atom. The van der Waals surface area contributed by atoms with Crippen molar-refractivity contribution in [2.45, 2.75) is 0 Å². The van der Waals surface area contributed by atoms with Crippen molar-refractivity contribution in [2.24, 2.45) is 0 Å². The molecule has 4 nitrogen and oxygen atoms in total. The second-order valence-electron chi connectivity index (χ2n) is 17.7. The van der Waals surface area contributed by atoms with Crippen LogP contribution < -0.4 is 20.9 Å². The number of benzene rings is 12. The molecule has 12 aromatic carbocycles. The van der Waals surface area contributed by atoms with Gasteiger partial charge >= 0.3 is 0 Å². The molecule has 0 saturated carbocycles. The molecular formula is C66H48N4. The van der Waals surface area contributed by atoms with Crippen LogP contribution in [0.3, 0.4) is 0 Å². The Balaban J connectivity index is 0.978. The zero-order valence-electron chi connectivity index (χ0n) is 38.4. The van der Waals surface area contributed by atoms with Crippen molar-refractivity contribution >= 4 is 83.5 Å². The van der Waals surface area contributed by atoms with Gasteiger partial charge in [-0.15, -0.1) is 0 Å². The van der Waals surface area contributed by atoms with Crippen LogP contribution in [0, 0.1) is 0 Å². The van der Waals surface area contributed by atoms with Crippen LogP contribution in [-0.4, -0.2) is 0 Å². The van der Waals surface area contributed by atoms with Crippen LogP contribution in [0.15, 0.2) is 273 Å². The summed E-state index contributed by atoms with van der Waals surface area (Å²) < 4.78 is 0. The van der Waals surface area contributed by atoms with E-state index in [1.807, 2.05) is 0 Å². The first-order valence-corrected chi connectivity index (χ1v) is 23.8. The van der Waals surface area contributed by atoms with E-state index in [9.17, 15) is 0 Å². The van der Waals surface area contributed by atoms with Crippen LogP contribution in [-0.2, 0) is 0 Å². The Bertz CT molecular complexity index is 3730. The molecule has 0 heterocycles. The van der Waals surface area contributed by atoms with Crippen molar-refractivity contribution < 1.29 is 0 Å². The van der Waals surface area contributed by atoms with E-state index in [1.165, 1.54) is 49.0 Å². The minimum absolute atomic E-state index is 0.894. The van der Waals surface area contributed by atoms with Gasteiger partial charge in [-0.2, -0.15) is 0 Å². The summed E-state index contributed by atoms with van der Waals surface area (Å²) in [6.07, 6.45) is 0. The molecule has 0 bridgehead atoms. The lowest BCUT2D eigenvalue weighted by atomic mass is 10.0. The standard InChI is InChI=1S/C66H48N4/c1-3-19-61(20-4-1)70(62-21-5-2-6-22-62)64-42-41-63(67-58-35-29-49(30-36-58)55-26-23-46-13-7-10-16-52(46)43-55)65(68-59-37-31-50(32-38-59)56-27-24-47-14-8-11-17-53(47)44-56)66(64)69-60-39-33-51(34-40-60)57-28-25-48-15-9-12-18-54(48)45-57/h1-45,67-69H. The minimum atomic E-state index is 0.894. The number of fused-ring (bicyclic) bond motifs is 3. The third-order valence-corrected chi connectivity index (χ3v) is 13.2. The smallest absolute Gasteiger partial charge is 0.0889 e. The Kier molecular flexibility index (Phi) is 11.2. The van der Waals surface area contributed by atoms with Gasteiger partial charge < -0.3 is 20.9 Å². The monoisotopic (exact) mass is 896 g/mol. The fourth-order valence-corrected chi connectivity index (χ4v) is 9.51. The van der Waals surface area contributed by atoms with Crippen LogP contribution in [0.5, 0.6) is 0 Å². The molecular weight excluding hydrogens is 849 g/mol. The average Bonchev–Trinajstić information content (AvgIpc) is 3.43. The van der Waals surface area contributed by atoms with Gasteiger partial charge in [-0.1, -0.05) is 182 Å². The summed E-state index contributed by atoms with van der Waals surface area (Å²) in [5, 5.41) is 19.1. The Morgan fingerprint density at radius 3 is 0.957 bits per heavy atom. The molecule has 0 aliphatic heterocycles. The van der Waals surface area contributed by atoms with Gasteiger partial charge in [-0.25, -0.2) is 0 Å². The van der Waals surface area contributed by atoms with Gasteiger partial charge in [0.2, 0.25) is 0 Å². The first-order chi connectivity index (χ1) is 34.6. The summed E-state index contributed by atoms with van der Waals surface area (Å²) in [4.78, 5) is 2.32. The van der Waals surface area contributed by atoms with Crippen LogP contribution in [0.4, 0.5) is 51.2 Å². The van der Waals surface area contributed by atoms with Crippen LogP contribution in [0.25, 0.3) is 65.7 Å². The van der Waals surface area contributed by atoms with Crippen molar-refractivity contribution in [1.29, 1.82) is 0 Å². The summed E-state index contributed by atoms with van der Waals surface area (Å²) in [5.74, 6) is 0. The number of hydrogen-bond acceptors (Lipinski definition) is 4. The fraction of sp³-hybridized carbons (Fsp3) is 0. The quantitative estimate of drug-likeness (QED) is 0.114. The molecule has 332 valence electrons. The van der Waals surface area contributed by atoms with Crippen LogP contribution >= 0.6 is 0 Å². The van der Waals surface area contributed by atoms with E-state index in [1.54, 1.807) is 0 Å². The Morgan fingerprint density at radius 1 is 0.229 bits per heavy atom. The number of nitrogens with zero attached hydrogens (tertiary/aromatic N) is 1. The Labute approximate surface area is 408 Å². The van der Waals surface area contributed by atoms with E-state index in [2.05, 4.69) is 294 Å². The number of hydrogen-bond donors (Lipinski definition) is 3. The summed E-state index contributed by atoms with van der Waals surface area (Å²) in [5.41, 5.74) is 15.7. The highest BCUT2D eigenvalue weighted by atomic mass is 15.2. The predicted molar refractivity (Wildman–Crippen MR) is 299 cm³/mol. The predicted octanol–water partition coefficient (Wildman–Crippen LogP) is 18.8.